The molecular weight excluding hydrogens is 228 g/mol. The lowest BCUT2D eigenvalue weighted by atomic mass is 10.1. The predicted octanol–water partition coefficient (Wildman–Crippen LogP) is 2.70. The van der Waals surface area contributed by atoms with Crippen LogP contribution >= 0.6 is 0 Å². The second kappa shape index (κ2) is 5.31. The lowest BCUT2D eigenvalue weighted by Crippen LogP contribution is -2.06. The first kappa shape index (κ1) is 12.1. The third-order valence-electron chi connectivity index (χ3n) is 2.64. The molecule has 0 aliphatic rings. The van der Waals surface area contributed by atoms with Gasteiger partial charge >= 0.3 is 5.97 Å². The van der Waals surface area contributed by atoms with Crippen molar-refractivity contribution in [2.45, 2.75) is 13.5 Å². The monoisotopic (exact) mass is 242 g/mol. The summed E-state index contributed by atoms with van der Waals surface area (Å²) in [6.07, 6.45) is 3.43. The third-order valence-corrected chi connectivity index (χ3v) is 2.64. The minimum atomic E-state index is -0.924. The Morgan fingerprint density at radius 2 is 2.00 bits per heavy atom. The summed E-state index contributed by atoms with van der Waals surface area (Å²) in [5.41, 5.74) is 3.01. The summed E-state index contributed by atoms with van der Waals surface area (Å²) in [5, 5.41) is 12.2. The largest absolute Gasteiger partial charge is 0.478 e. The standard InChI is InChI=1S/C14H14N2O2/c1-10-2-3-12(14(17)18)13(8-10)16-9-11-4-6-15-7-5-11/h2-8,16H,9H2,1H3,(H,17,18). The number of rotatable bonds is 4. The molecule has 4 heteroatoms. The highest BCUT2D eigenvalue weighted by atomic mass is 16.4. The topological polar surface area (TPSA) is 62.2 Å². The van der Waals surface area contributed by atoms with Gasteiger partial charge < -0.3 is 10.4 Å². The van der Waals surface area contributed by atoms with Crippen LogP contribution in [-0.2, 0) is 6.54 Å². The molecule has 0 unspecified atom stereocenters. The number of benzene rings is 1. The number of nitrogens with zero attached hydrogens (tertiary/aromatic N) is 1. The average molecular weight is 242 g/mol. The Bertz CT molecular complexity index is 553. The molecule has 0 radical (unpaired) electrons. The lowest BCUT2D eigenvalue weighted by molar-refractivity contribution is 0.0698. The van der Waals surface area contributed by atoms with Gasteiger partial charge in [-0.25, -0.2) is 4.79 Å². The van der Waals surface area contributed by atoms with Crippen LogP contribution in [0.3, 0.4) is 0 Å². The lowest BCUT2D eigenvalue weighted by Gasteiger charge is -2.10. The summed E-state index contributed by atoms with van der Waals surface area (Å²) in [6.45, 7) is 2.51. The molecule has 0 saturated heterocycles. The molecule has 0 atom stereocenters. The molecule has 0 aliphatic heterocycles. The van der Waals surface area contributed by atoms with Gasteiger partial charge in [0.2, 0.25) is 0 Å². The number of aromatic carboxylic acids is 1. The number of carboxylic acids is 1. The fourth-order valence-corrected chi connectivity index (χ4v) is 1.69. The first-order valence-electron chi connectivity index (χ1n) is 5.63. The molecule has 0 spiro atoms. The van der Waals surface area contributed by atoms with E-state index in [-0.39, 0.29) is 5.56 Å². The summed E-state index contributed by atoms with van der Waals surface area (Å²) in [4.78, 5) is 15.0. The highest BCUT2D eigenvalue weighted by molar-refractivity contribution is 5.94. The van der Waals surface area contributed by atoms with E-state index in [1.54, 1.807) is 24.5 Å². The molecule has 0 saturated carbocycles. The average Bonchev–Trinajstić information content (AvgIpc) is 2.37. The summed E-state index contributed by atoms with van der Waals surface area (Å²) in [6, 6.07) is 9.03. The second-order valence-electron chi connectivity index (χ2n) is 4.06. The Kier molecular flexibility index (Phi) is 3.57. The van der Waals surface area contributed by atoms with Gasteiger partial charge in [-0.15, -0.1) is 0 Å². The molecule has 1 aromatic heterocycles. The molecule has 0 bridgehead atoms. The van der Waals surface area contributed by atoms with E-state index in [9.17, 15) is 4.79 Å². The molecular formula is C14H14N2O2. The molecule has 2 aromatic rings. The first-order chi connectivity index (χ1) is 8.66. The van der Waals surface area contributed by atoms with Crippen molar-refractivity contribution in [1.29, 1.82) is 0 Å². The molecule has 0 aliphatic carbocycles. The summed E-state index contributed by atoms with van der Waals surface area (Å²) in [5.74, 6) is -0.924. The van der Waals surface area contributed by atoms with E-state index >= 15 is 0 Å². The summed E-state index contributed by atoms with van der Waals surface area (Å²) >= 11 is 0. The highest BCUT2D eigenvalue weighted by Gasteiger charge is 2.09. The van der Waals surface area contributed by atoms with Gasteiger partial charge in [-0.05, 0) is 42.3 Å². The molecule has 0 amide bonds. The van der Waals surface area contributed by atoms with Crippen LogP contribution in [0.15, 0.2) is 42.7 Å². The van der Waals surface area contributed by atoms with Crippen LogP contribution in [0.4, 0.5) is 5.69 Å². The molecule has 1 heterocycles. The fourth-order valence-electron chi connectivity index (χ4n) is 1.69. The molecule has 92 valence electrons. The number of hydrogen-bond acceptors (Lipinski definition) is 3. The SMILES string of the molecule is Cc1ccc(C(=O)O)c(NCc2ccncc2)c1. The Balaban J connectivity index is 2.18. The van der Waals surface area contributed by atoms with Crippen LogP contribution in [0.1, 0.15) is 21.5 Å². The van der Waals surface area contributed by atoms with Gasteiger partial charge in [0, 0.05) is 24.6 Å². The maximum atomic E-state index is 11.1. The van der Waals surface area contributed by atoms with Crippen molar-refractivity contribution in [2.75, 3.05) is 5.32 Å². The predicted molar refractivity (Wildman–Crippen MR) is 69.7 cm³/mol. The van der Waals surface area contributed by atoms with E-state index in [1.165, 1.54) is 0 Å². The van der Waals surface area contributed by atoms with Crippen molar-refractivity contribution in [3.8, 4) is 0 Å². The molecule has 18 heavy (non-hydrogen) atoms. The maximum Gasteiger partial charge on any atom is 0.337 e. The summed E-state index contributed by atoms with van der Waals surface area (Å²) in [7, 11) is 0. The van der Waals surface area contributed by atoms with Crippen molar-refractivity contribution in [2.24, 2.45) is 0 Å². The van der Waals surface area contributed by atoms with Crippen molar-refractivity contribution in [3.05, 3.63) is 59.4 Å². The van der Waals surface area contributed by atoms with E-state index in [2.05, 4.69) is 10.3 Å². The Morgan fingerprint density at radius 1 is 1.28 bits per heavy atom. The number of hydrogen-bond donors (Lipinski definition) is 2. The van der Waals surface area contributed by atoms with Gasteiger partial charge in [0.25, 0.3) is 0 Å². The number of carbonyl (C=O) groups is 1. The van der Waals surface area contributed by atoms with Crippen molar-refractivity contribution in [1.82, 2.24) is 4.98 Å². The van der Waals surface area contributed by atoms with Crippen molar-refractivity contribution in [3.63, 3.8) is 0 Å². The third kappa shape index (κ3) is 2.85. The first-order valence-corrected chi connectivity index (χ1v) is 5.63. The Hall–Kier alpha value is -2.36. The van der Waals surface area contributed by atoms with Crippen LogP contribution in [-0.4, -0.2) is 16.1 Å². The zero-order valence-corrected chi connectivity index (χ0v) is 10.1. The van der Waals surface area contributed by atoms with Gasteiger partial charge in [-0.2, -0.15) is 0 Å². The Morgan fingerprint density at radius 3 is 2.67 bits per heavy atom. The molecule has 1 aromatic carbocycles. The molecule has 2 N–H and O–H groups in total. The second-order valence-corrected chi connectivity index (χ2v) is 4.06. The normalized spacial score (nSPS) is 10.1. The number of nitrogens with one attached hydrogen (secondary N) is 1. The summed E-state index contributed by atoms with van der Waals surface area (Å²) < 4.78 is 0. The van der Waals surface area contributed by atoms with Crippen LogP contribution in [0.5, 0.6) is 0 Å². The maximum absolute atomic E-state index is 11.1. The minimum Gasteiger partial charge on any atom is -0.478 e. The highest BCUT2D eigenvalue weighted by Crippen LogP contribution is 2.18. The number of aryl methyl sites for hydroxylation is 1. The molecule has 0 fully saturated rings. The Labute approximate surface area is 105 Å². The number of aromatic nitrogens is 1. The number of pyridine rings is 1. The number of carboxylic acid groups (broad SMARTS) is 1. The molecule has 2 rings (SSSR count). The van der Waals surface area contributed by atoms with E-state index in [0.717, 1.165) is 11.1 Å². The quantitative estimate of drug-likeness (QED) is 0.865. The smallest absolute Gasteiger partial charge is 0.337 e. The van der Waals surface area contributed by atoms with E-state index in [0.29, 0.717) is 12.2 Å². The van der Waals surface area contributed by atoms with Crippen molar-refractivity contribution < 1.29 is 9.90 Å². The van der Waals surface area contributed by atoms with Gasteiger partial charge in [0.05, 0.1) is 5.56 Å². The van der Waals surface area contributed by atoms with Gasteiger partial charge in [-0.1, -0.05) is 6.07 Å². The van der Waals surface area contributed by atoms with Crippen LogP contribution < -0.4 is 5.32 Å². The van der Waals surface area contributed by atoms with Gasteiger partial charge in [0.1, 0.15) is 0 Å². The van der Waals surface area contributed by atoms with E-state index in [4.69, 9.17) is 5.11 Å². The van der Waals surface area contributed by atoms with Crippen LogP contribution in [0, 0.1) is 6.92 Å². The van der Waals surface area contributed by atoms with Crippen LogP contribution in [0.25, 0.3) is 0 Å². The zero-order valence-electron chi connectivity index (χ0n) is 10.1. The molecule has 4 nitrogen and oxygen atoms in total. The van der Waals surface area contributed by atoms with Crippen LogP contribution in [0.2, 0.25) is 0 Å². The van der Waals surface area contributed by atoms with Crippen molar-refractivity contribution >= 4 is 11.7 Å². The zero-order chi connectivity index (χ0) is 13.0. The fraction of sp³-hybridized carbons (Fsp3) is 0.143. The number of anilines is 1. The van der Waals surface area contributed by atoms with E-state index < -0.39 is 5.97 Å². The van der Waals surface area contributed by atoms with E-state index in [1.807, 2.05) is 25.1 Å². The minimum absolute atomic E-state index is 0.287. The van der Waals surface area contributed by atoms with Gasteiger partial charge in [-0.3, -0.25) is 4.98 Å². The van der Waals surface area contributed by atoms with Gasteiger partial charge in [0.15, 0.2) is 0 Å².